The molecule has 0 aliphatic heterocycles. The Balaban J connectivity index is 2.18. The van der Waals surface area contributed by atoms with Gasteiger partial charge in [0, 0.05) is 16.5 Å². The molecule has 19 heavy (non-hydrogen) atoms. The average molecular weight is 319 g/mol. The van der Waals surface area contributed by atoms with Gasteiger partial charge >= 0.3 is 0 Å². The van der Waals surface area contributed by atoms with Gasteiger partial charge in [-0.2, -0.15) is 0 Å². The highest BCUT2D eigenvalue weighted by Gasteiger charge is 2.11. The van der Waals surface area contributed by atoms with Crippen LogP contribution in [0.4, 0.5) is 0 Å². The normalized spacial score (nSPS) is 10.3. The van der Waals surface area contributed by atoms with Gasteiger partial charge < -0.3 is 4.74 Å². The maximum Gasteiger partial charge on any atom is 0.168 e. The molecule has 0 aromatic heterocycles. The van der Waals surface area contributed by atoms with Crippen molar-refractivity contribution in [2.75, 3.05) is 7.11 Å². The first kappa shape index (κ1) is 13.8. The summed E-state index contributed by atoms with van der Waals surface area (Å²) in [6, 6.07) is 13.4. The Morgan fingerprint density at radius 3 is 2.42 bits per heavy atom. The smallest absolute Gasteiger partial charge is 0.168 e. The van der Waals surface area contributed by atoms with Crippen LogP contribution >= 0.6 is 15.9 Å². The summed E-state index contributed by atoms with van der Waals surface area (Å²) in [5.74, 6) is 0.831. The summed E-state index contributed by atoms with van der Waals surface area (Å²) in [5.41, 5.74) is 2.90. The van der Waals surface area contributed by atoms with E-state index in [1.807, 2.05) is 37.3 Å². The summed E-state index contributed by atoms with van der Waals surface area (Å²) in [5, 5.41) is 0. The van der Waals surface area contributed by atoms with Crippen molar-refractivity contribution in [3.63, 3.8) is 0 Å². The average Bonchev–Trinajstić information content (AvgIpc) is 2.41. The number of Topliss-reactive ketones (excluding diaryl/α,β-unsaturated/α-hetero) is 1. The van der Waals surface area contributed by atoms with Gasteiger partial charge in [-0.15, -0.1) is 0 Å². The van der Waals surface area contributed by atoms with Crippen LogP contribution in [0.1, 0.15) is 21.5 Å². The van der Waals surface area contributed by atoms with Crippen molar-refractivity contribution in [2.24, 2.45) is 0 Å². The Kier molecular flexibility index (Phi) is 4.38. The van der Waals surface area contributed by atoms with Crippen LogP contribution in [0.15, 0.2) is 46.9 Å². The number of halogens is 1. The third-order valence-electron chi connectivity index (χ3n) is 2.96. The van der Waals surface area contributed by atoms with Crippen LogP contribution < -0.4 is 4.74 Å². The van der Waals surface area contributed by atoms with Crippen LogP contribution in [-0.4, -0.2) is 12.9 Å². The lowest BCUT2D eigenvalue weighted by atomic mass is 10.0. The maximum atomic E-state index is 12.2. The first-order valence-corrected chi connectivity index (χ1v) is 6.81. The van der Waals surface area contributed by atoms with Crippen LogP contribution in [0.25, 0.3) is 0 Å². The van der Waals surface area contributed by atoms with Gasteiger partial charge in [0.25, 0.3) is 0 Å². The van der Waals surface area contributed by atoms with Gasteiger partial charge in [0.2, 0.25) is 0 Å². The summed E-state index contributed by atoms with van der Waals surface area (Å²) < 4.78 is 5.89. The predicted octanol–water partition coefficient (Wildman–Crippen LogP) is 4.19. The molecule has 2 rings (SSSR count). The van der Waals surface area contributed by atoms with Gasteiger partial charge in [0.05, 0.1) is 7.11 Å². The second-order valence-corrected chi connectivity index (χ2v) is 5.29. The fourth-order valence-corrected chi connectivity index (χ4v) is 2.41. The standard InChI is InChI=1S/C16H15BrO2/c1-11-3-5-12(6-4-11)9-16(18)14-8-7-13(19-2)10-15(14)17/h3-8,10H,9H2,1-2H3. The highest BCUT2D eigenvalue weighted by Crippen LogP contribution is 2.24. The molecule has 0 bridgehead atoms. The van der Waals surface area contributed by atoms with Crippen molar-refractivity contribution in [2.45, 2.75) is 13.3 Å². The van der Waals surface area contributed by atoms with Crippen molar-refractivity contribution in [1.82, 2.24) is 0 Å². The Labute approximate surface area is 121 Å². The molecule has 2 nitrogen and oxygen atoms in total. The molecule has 0 fully saturated rings. The molecule has 0 aliphatic carbocycles. The fraction of sp³-hybridized carbons (Fsp3) is 0.188. The first-order chi connectivity index (χ1) is 9.10. The third-order valence-corrected chi connectivity index (χ3v) is 3.62. The van der Waals surface area contributed by atoms with Crippen molar-refractivity contribution < 1.29 is 9.53 Å². The second-order valence-electron chi connectivity index (χ2n) is 4.43. The number of benzene rings is 2. The molecule has 0 aliphatic rings. The molecular formula is C16H15BrO2. The van der Waals surface area contributed by atoms with E-state index in [0.29, 0.717) is 12.0 Å². The molecule has 0 N–H and O–H groups in total. The molecule has 3 heteroatoms. The zero-order valence-corrected chi connectivity index (χ0v) is 12.5. The van der Waals surface area contributed by atoms with Gasteiger partial charge in [0.15, 0.2) is 5.78 Å². The van der Waals surface area contributed by atoms with E-state index in [1.54, 1.807) is 19.2 Å². The lowest BCUT2D eigenvalue weighted by molar-refractivity contribution is 0.0992. The number of rotatable bonds is 4. The van der Waals surface area contributed by atoms with Gasteiger partial charge in [-0.05, 0) is 46.6 Å². The van der Waals surface area contributed by atoms with Crippen molar-refractivity contribution in [3.05, 3.63) is 63.6 Å². The van der Waals surface area contributed by atoms with Crippen molar-refractivity contribution >= 4 is 21.7 Å². The summed E-state index contributed by atoms with van der Waals surface area (Å²) in [6.07, 6.45) is 0.408. The zero-order valence-electron chi connectivity index (χ0n) is 10.9. The van der Waals surface area contributed by atoms with Crippen LogP contribution in [0.5, 0.6) is 5.75 Å². The SMILES string of the molecule is COc1ccc(C(=O)Cc2ccc(C)cc2)c(Br)c1. The molecular weight excluding hydrogens is 304 g/mol. The number of ketones is 1. The van der Waals surface area contributed by atoms with Crippen molar-refractivity contribution in [1.29, 1.82) is 0 Å². The van der Waals surface area contributed by atoms with Gasteiger partial charge in [-0.3, -0.25) is 4.79 Å². The van der Waals surface area contributed by atoms with E-state index < -0.39 is 0 Å². The minimum absolute atomic E-state index is 0.0957. The highest BCUT2D eigenvalue weighted by atomic mass is 79.9. The van der Waals surface area contributed by atoms with Crippen LogP contribution in [0, 0.1) is 6.92 Å². The van der Waals surface area contributed by atoms with Gasteiger partial charge in [-0.1, -0.05) is 29.8 Å². The monoisotopic (exact) mass is 318 g/mol. The Bertz CT molecular complexity index is 588. The number of methoxy groups -OCH3 is 1. The zero-order chi connectivity index (χ0) is 13.8. The largest absolute Gasteiger partial charge is 0.497 e. The molecule has 0 amide bonds. The van der Waals surface area contributed by atoms with Crippen LogP contribution in [-0.2, 0) is 6.42 Å². The minimum atomic E-state index is 0.0957. The van der Waals surface area contributed by atoms with Crippen LogP contribution in [0.2, 0.25) is 0 Å². The predicted molar refractivity (Wildman–Crippen MR) is 79.9 cm³/mol. The summed E-state index contributed by atoms with van der Waals surface area (Å²) in [4.78, 5) is 12.2. The lowest BCUT2D eigenvalue weighted by Crippen LogP contribution is -2.04. The molecule has 2 aromatic carbocycles. The Hall–Kier alpha value is -1.61. The summed E-state index contributed by atoms with van der Waals surface area (Å²) in [6.45, 7) is 2.03. The molecule has 0 atom stereocenters. The molecule has 0 heterocycles. The number of hydrogen-bond donors (Lipinski definition) is 0. The van der Waals surface area contributed by atoms with Crippen LogP contribution in [0.3, 0.4) is 0 Å². The molecule has 0 spiro atoms. The van der Waals surface area contributed by atoms with Gasteiger partial charge in [-0.25, -0.2) is 0 Å². The van der Waals surface area contributed by atoms with Gasteiger partial charge in [0.1, 0.15) is 5.75 Å². The van der Waals surface area contributed by atoms with E-state index in [4.69, 9.17) is 4.74 Å². The molecule has 0 saturated carbocycles. The lowest BCUT2D eigenvalue weighted by Gasteiger charge is -2.06. The van der Waals surface area contributed by atoms with E-state index in [2.05, 4.69) is 15.9 Å². The molecule has 98 valence electrons. The summed E-state index contributed by atoms with van der Waals surface area (Å²) >= 11 is 3.41. The first-order valence-electron chi connectivity index (χ1n) is 6.02. The van der Waals surface area contributed by atoms with E-state index in [1.165, 1.54) is 5.56 Å². The van der Waals surface area contributed by atoms with E-state index in [9.17, 15) is 4.79 Å². The number of aryl methyl sites for hydroxylation is 1. The van der Waals surface area contributed by atoms with E-state index in [-0.39, 0.29) is 5.78 Å². The fourth-order valence-electron chi connectivity index (χ4n) is 1.84. The number of carbonyl (C=O) groups is 1. The van der Waals surface area contributed by atoms with E-state index >= 15 is 0 Å². The molecule has 0 saturated heterocycles. The quantitative estimate of drug-likeness (QED) is 0.790. The third kappa shape index (κ3) is 3.44. The molecule has 2 aromatic rings. The van der Waals surface area contributed by atoms with E-state index in [0.717, 1.165) is 15.8 Å². The maximum absolute atomic E-state index is 12.2. The second kappa shape index (κ2) is 6.02. The highest BCUT2D eigenvalue weighted by molar-refractivity contribution is 9.10. The number of ether oxygens (including phenoxy) is 1. The number of carbonyl (C=O) groups excluding carboxylic acids is 1. The molecule has 0 unspecified atom stereocenters. The molecule has 0 radical (unpaired) electrons. The van der Waals surface area contributed by atoms with Crippen molar-refractivity contribution in [3.8, 4) is 5.75 Å². The topological polar surface area (TPSA) is 26.3 Å². The Morgan fingerprint density at radius 1 is 1.16 bits per heavy atom. The Morgan fingerprint density at radius 2 is 1.84 bits per heavy atom. The minimum Gasteiger partial charge on any atom is -0.497 e. The number of hydrogen-bond acceptors (Lipinski definition) is 2. The summed E-state index contributed by atoms with van der Waals surface area (Å²) in [7, 11) is 1.61.